The summed E-state index contributed by atoms with van der Waals surface area (Å²) in [6.07, 6.45) is -0.714. The Kier molecular flexibility index (Phi) is 12.6. The fourth-order valence-corrected chi connectivity index (χ4v) is 6.06. The second-order valence-electron chi connectivity index (χ2n) is 9.91. The maximum absolute atomic E-state index is 13.8. The fraction of sp³-hybridized carbons (Fsp3) is 0.414. The minimum atomic E-state index is -2.94. The van der Waals surface area contributed by atoms with Crippen LogP contribution in [0.15, 0.2) is 54.7 Å². The molecule has 3 amide bonds. The fourth-order valence-electron chi connectivity index (χ4n) is 4.14. The highest BCUT2D eigenvalue weighted by molar-refractivity contribution is 7.57. The number of nitrogens with one attached hydrogen (secondary N) is 2. The third-order valence-corrected chi connectivity index (χ3v) is 9.06. The number of fused-ring (bicyclic) bond motifs is 1. The van der Waals surface area contributed by atoms with Crippen molar-refractivity contribution >= 4 is 48.5 Å². The molecule has 16 heteroatoms. The molecule has 3 N–H and O–H groups in total. The smallest absolute Gasteiger partial charge is 0.447 e. The molecule has 1 fully saturated rings. The van der Waals surface area contributed by atoms with Crippen LogP contribution >= 0.6 is 19.8 Å². The number of carbonyl (C=O) groups is 2. The summed E-state index contributed by atoms with van der Waals surface area (Å²) in [6, 6.07) is 12.2. The summed E-state index contributed by atoms with van der Waals surface area (Å²) in [5.74, 6) is -0.320. The van der Waals surface area contributed by atoms with Gasteiger partial charge in [0, 0.05) is 25.2 Å². The van der Waals surface area contributed by atoms with Gasteiger partial charge in [0.2, 0.25) is 0 Å². The molecule has 244 valence electrons. The van der Waals surface area contributed by atoms with Crippen LogP contribution in [-0.4, -0.2) is 85.6 Å². The molecule has 1 aliphatic rings. The average Bonchev–Trinajstić information content (AvgIpc) is 3.01. The molecule has 0 aliphatic carbocycles. The lowest BCUT2D eigenvalue weighted by atomic mass is 10.2. The van der Waals surface area contributed by atoms with Gasteiger partial charge in [-0.1, -0.05) is 48.0 Å². The number of aliphatic hydroxyl groups excluding tert-OH is 1. The van der Waals surface area contributed by atoms with Gasteiger partial charge in [0.1, 0.15) is 31.0 Å². The molecule has 45 heavy (non-hydrogen) atoms. The molecule has 1 aromatic heterocycles. The molecule has 13 nitrogen and oxygen atoms in total. The molecule has 2 atom stereocenters. The maximum atomic E-state index is 13.8. The second kappa shape index (κ2) is 16.4. The first kappa shape index (κ1) is 34.7. The number of pyridine rings is 1. The van der Waals surface area contributed by atoms with E-state index >= 15 is 0 Å². The van der Waals surface area contributed by atoms with Crippen LogP contribution in [0, 0.1) is 5.82 Å². The van der Waals surface area contributed by atoms with Crippen molar-refractivity contribution < 1.29 is 46.7 Å². The molecular formula is C29H36ClFN4O9P+. The molecule has 0 spiro atoms. The minimum absolute atomic E-state index is 0.0498. The summed E-state index contributed by atoms with van der Waals surface area (Å²) >= 11 is 6.01. The Hall–Kier alpha value is -3.20. The number of urea groups is 1. The molecule has 4 rings (SSSR count). The lowest BCUT2D eigenvalue weighted by Crippen LogP contribution is -2.48. The van der Waals surface area contributed by atoms with E-state index in [0.717, 1.165) is 10.8 Å². The predicted octanol–water partition coefficient (Wildman–Crippen LogP) is 5.29. The van der Waals surface area contributed by atoms with E-state index in [1.165, 1.54) is 24.1 Å². The lowest BCUT2D eigenvalue weighted by molar-refractivity contribution is -0.149. The van der Waals surface area contributed by atoms with E-state index in [9.17, 15) is 19.1 Å². The third-order valence-electron chi connectivity index (χ3n) is 6.49. The number of nitrogens with zero attached hydrogens (tertiary/aromatic N) is 2. The number of carbonyl (C=O) groups excluding carboxylic acids is 2. The third kappa shape index (κ3) is 9.89. The highest BCUT2D eigenvalue weighted by Gasteiger charge is 2.62. The zero-order chi connectivity index (χ0) is 32.4. The predicted molar refractivity (Wildman–Crippen MR) is 165 cm³/mol. The van der Waals surface area contributed by atoms with E-state index in [1.807, 2.05) is 24.3 Å². The Morgan fingerprint density at radius 2 is 1.87 bits per heavy atom. The van der Waals surface area contributed by atoms with Crippen LogP contribution in [0.4, 0.5) is 19.8 Å². The van der Waals surface area contributed by atoms with Gasteiger partial charge in [0.15, 0.2) is 0 Å². The number of likely N-dealkylation sites (N-methyl/N-ethyl adjacent to an activating group) is 1. The first-order chi connectivity index (χ1) is 21.6. The van der Waals surface area contributed by atoms with Crippen LogP contribution in [-0.2, 0) is 34.1 Å². The first-order valence-corrected chi connectivity index (χ1v) is 16.0. The number of halogens is 2. The molecule has 0 unspecified atom stereocenters. The molecular weight excluding hydrogens is 634 g/mol. The largest absolute Gasteiger partial charge is 0.580 e. The van der Waals surface area contributed by atoms with Gasteiger partial charge in [-0.05, 0) is 36.9 Å². The Labute approximate surface area is 265 Å². The van der Waals surface area contributed by atoms with Gasteiger partial charge in [0.25, 0.3) is 6.29 Å². The Balaban J connectivity index is 1.32. The molecule has 1 saturated heterocycles. The van der Waals surface area contributed by atoms with E-state index in [0.29, 0.717) is 12.2 Å². The standard InChI is InChI=1S/C29H35ClFN4O9P/c1-4-41-45(43-19(2)44-45)42-18-24(36)17-39-15-23(35(3)28(37)33-14-22-10-7-11-25(31)27(22)30)16-40-29(38)34-26-12-20-8-5-6-9-21(20)13-32-26/h5-13,19,23-24,36H,4,14-18H2,1-3H3,(H-,32,33,34,37,38)/p+1/t19?,23-,24+,45?/m0/s1. The van der Waals surface area contributed by atoms with Crippen molar-refractivity contribution in [3.8, 4) is 0 Å². The Morgan fingerprint density at radius 1 is 1.11 bits per heavy atom. The van der Waals surface area contributed by atoms with E-state index in [2.05, 4.69) is 15.6 Å². The topological polar surface area (TPSA) is 150 Å². The number of aliphatic hydroxyl groups is 1. The Morgan fingerprint density at radius 3 is 2.60 bits per heavy atom. The van der Waals surface area contributed by atoms with Crippen LogP contribution in [0.5, 0.6) is 0 Å². The number of hydrogen-bond acceptors (Lipinski definition) is 10. The van der Waals surface area contributed by atoms with Crippen molar-refractivity contribution in [2.75, 3.05) is 45.4 Å². The summed E-state index contributed by atoms with van der Waals surface area (Å²) in [7, 11) is -1.47. The molecule has 0 bridgehead atoms. The molecule has 0 radical (unpaired) electrons. The van der Waals surface area contributed by atoms with E-state index < -0.39 is 44.5 Å². The second-order valence-corrected chi connectivity index (χ2v) is 12.1. The Bertz CT molecular complexity index is 1450. The van der Waals surface area contributed by atoms with Gasteiger partial charge in [0.05, 0.1) is 30.9 Å². The highest BCUT2D eigenvalue weighted by Crippen LogP contribution is 2.71. The van der Waals surface area contributed by atoms with Gasteiger partial charge < -0.3 is 24.8 Å². The van der Waals surface area contributed by atoms with Gasteiger partial charge in [-0.15, -0.1) is 9.05 Å². The van der Waals surface area contributed by atoms with Crippen molar-refractivity contribution in [2.24, 2.45) is 0 Å². The van der Waals surface area contributed by atoms with Crippen molar-refractivity contribution in [1.82, 2.24) is 15.2 Å². The SMILES string of the molecule is CCO[P+]1(OC[C@H](O)COC[C@@H](COC(=O)Nc2cc3ccccc3cn2)N(C)C(=O)NCc2cccc(F)c2Cl)OC(C)O1. The monoisotopic (exact) mass is 669 g/mol. The highest BCUT2D eigenvalue weighted by atomic mass is 35.5. The molecule has 2 aromatic carbocycles. The number of rotatable bonds is 15. The van der Waals surface area contributed by atoms with Crippen molar-refractivity contribution in [2.45, 2.75) is 38.8 Å². The zero-order valence-corrected chi connectivity index (χ0v) is 26.6. The average molecular weight is 670 g/mol. The first-order valence-electron chi connectivity index (χ1n) is 14.1. The van der Waals surface area contributed by atoms with E-state index in [-0.39, 0.29) is 43.8 Å². The normalized spacial score (nSPS) is 18.9. The summed E-state index contributed by atoms with van der Waals surface area (Å²) < 4.78 is 46.8. The summed E-state index contributed by atoms with van der Waals surface area (Å²) in [4.78, 5) is 31.1. The number of ether oxygens (including phenoxy) is 2. The van der Waals surface area contributed by atoms with Crippen LogP contribution in [0.1, 0.15) is 19.4 Å². The van der Waals surface area contributed by atoms with Crippen molar-refractivity contribution in [1.29, 1.82) is 0 Å². The van der Waals surface area contributed by atoms with Gasteiger partial charge in [-0.2, -0.15) is 9.05 Å². The maximum Gasteiger partial charge on any atom is 0.580 e. The quantitative estimate of drug-likeness (QED) is 0.182. The van der Waals surface area contributed by atoms with Crippen LogP contribution in [0.2, 0.25) is 5.02 Å². The van der Waals surface area contributed by atoms with E-state index in [1.54, 1.807) is 32.2 Å². The zero-order valence-electron chi connectivity index (χ0n) is 25.0. The number of anilines is 1. The molecule has 0 saturated carbocycles. The minimum Gasteiger partial charge on any atom is -0.447 e. The number of amides is 3. The van der Waals surface area contributed by atoms with E-state index in [4.69, 9.17) is 39.2 Å². The van der Waals surface area contributed by atoms with Gasteiger partial charge in [-0.25, -0.2) is 19.0 Å². The van der Waals surface area contributed by atoms with Crippen LogP contribution in [0.25, 0.3) is 10.8 Å². The molecule has 3 aromatic rings. The van der Waals surface area contributed by atoms with Crippen molar-refractivity contribution in [3.63, 3.8) is 0 Å². The lowest BCUT2D eigenvalue weighted by Gasteiger charge is -2.30. The number of aromatic nitrogens is 1. The summed E-state index contributed by atoms with van der Waals surface area (Å²) in [5.41, 5.74) is 0.384. The van der Waals surface area contributed by atoms with Gasteiger partial charge in [-0.3, -0.25) is 5.32 Å². The summed E-state index contributed by atoms with van der Waals surface area (Å²) in [5, 5.41) is 17.3. The summed E-state index contributed by atoms with van der Waals surface area (Å²) in [6.45, 7) is 2.95. The molecule has 1 aliphatic heterocycles. The number of benzene rings is 2. The van der Waals surface area contributed by atoms with Gasteiger partial charge >= 0.3 is 20.3 Å². The van der Waals surface area contributed by atoms with Crippen molar-refractivity contribution in [3.05, 3.63) is 71.1 Å². The molecule has 2 heterocycles. The number of hydrogen-bond donors (Lipinski definition) is 3. The van der Waals surface area contributed by atoms with Crippen LogP contribution in [0.3, 0.4) is 0 Å². The van der Waals surface area contributed by atoms with Crippen LogP contribution < -0.4 is 10.6 Å².